The third kappa shape index (κ3) is 2.76. The lowest BCUT2D eigenvalue weighted by Gasteiger charge is -2.32. The molecular weight excluding hydrogens is 360 g/mol. The molecule has 0 saturated heterocycles. The average molecular weight is 387 g/mol. The summed E-state index contributed by atoms with van der Waals surface area (Å²) < 4.78 is 8.65. The quantitative estimate of drug-likeness (QED) is 0.489. The van der Waals surface area contributed by atoms with Crippen LogP contribution < -0.4 is 27.7 Å². The number of rotatable bonds is 2. The topological polar surface area (TPSA) is 15.5 Å². The average Bonchev–Trinajstić information content (AvgIpc) is 2.90. The third-order valence-corrected chi connectivity index (χ3v) is 9.97. The maximum absolute atomic E-state index is 6.14. The summed E-state index contributed by atoms with van der Waals surface area (Å²) in [6.45, 7) is 7.85. The zero-order valence-corrected chi connectivity index (χ0v) is 18.0. The predicted molar refractivity (Wildman–Crippen MR) is 107 cm³/mol. The van der Waals surface area contributed by atoms with Gasteiger partial charge in [0.05, 0.1) is 5.56 Å². The first-order chi connectivity index (χ1) is 11.8. The molecule has 1 atom stereocenters. The van der Waals surface area contributed by atoms with Crippen LogP contribution in [0.1, 0.15) is 19.4 Å². The maximum atomic E-state index is 6.14. The minimum absolute atomic E-state index is 0. The fourth-order valence-electron chi connectivity index (χ4n) is 4.11. The van der Waals surface area contributed by atoms with Crippen LogP contribution in [-0.4, -0.2) is 51.0 Å². The molecule has 0 saturated carbocycles. The Bertz CT molecular complexity index is 861. The summed E-state index contributed by atoms with van der Waals surface area (Å²) in [5, 5.41) is 2.99. The monoisotopic (exact) mass is 386 g/mol. The summed E-state index contributed by atoms with van der Waals surface area (Å²) in [5.74, 6) is 1.08. The van der Waals surface area contributed by atoms with Crippen molar-refractivity contribution >= 4 is 30.0 Å². The third-order valence-electron chi connectivity index (χ3n) is 5.79. The molecule has 2 aliphatic heterocycles. The zero-order chi connectivity index (χ0) is 17.8. The summed E-state index contributed by atoms with van der Waals surface area (Å²) in [6, 6.07) is 18.0. The Labute approximate surface area is 163 Å². The Morgan fingerprint density at radius 1 is 1.04 bits per heavy atom. The molecule has 0 spiro atoms. The van der Waals surface area contributed by atoms with Crippen LogP contribution in [0.15, 0.2) is 48.5 Å². The van der Waals surface area contributed by atoms with Gasteiger partial charge in [-0.15, -0.1) is 0 Å². The molecule has 1 unspecified atom stereocenters. The number of ether oxygens (including phenoxy) is 1. The molecule has 0 N–H and O–H groups in total. The first kappa shape index (κ1) is 19.0. The van der Waals surface area contributed by atoms with E-state index >= 15 is 0 Å². The molecule has 0 amide bonds. The van der Waals surface area contributed by atoms with Gasteiger partial charge in [-0.2, -0.15) is 4.58 Å². The first-order valence-corrected chi connectivity index (χ1v) is 11.7. The van der Waals surface area contributed by atoms with Gasteiger partial charge in [0.25, 0.3) is 0 Å². The predicted octanol–water partition coefficient (Wildman–Crippen LogP) is -0.930. The van der Waals surface area contributed by atoms with Crippen molar-refractivity contribution in [3.63, 3.8) is 0 Å². The van der Waals surface area contributed by atoms with Gasteiger partial charge in [0.15, 0.2) is 20.2 Å². The molecule has 138 valence electrons. The molecule has 2 aliphatic rings. The smallest absolute Gasteiger partial charge is 0.370 e. The normalized spacial score (nSPS) is 22.8. The molecule has 0 aromatic heterocycles. The minimum atomic E-state index is -1.86. The van der Waals surface area contributed by atoms with Gasteiger partial charge in [0.2, 0.25) is 0 Å². The summed E-state index contributed by atoms with van der Waals surface area (Å²) in [5.41, 5.74) is 2.61. The highest BCUT2D eigenvalue weighted by Gasteiger charge is 2.53. The van der Waals surface area contributed by atoms with Gasteiger partial charge in [-0.25, -0.2) is 0 Å². The lowest BCUT2D eigenvalue weighted by molar-refractivity contribution is -0.575. The van der Waals surface area contributed by atoms with Gasteiger partial charge in [0.1, 0.15) is 6.17 Å². The molecule has 26 heavy (non-hydrogen) atoms. The van der Waals surface area contributed by atoms with Gasteiger partial charge in [-0.3, -0.25) is 0 Å². The molecule has 4 rings (SSSR count). The lowest BCUT2D eigenvalue weighted by atomic mass is 10.1. The van der Waals surface area contributed by atoms with E-state index < -0.39 is 8.07 Å². The van der Waals surface area contributed by atoms with Crippen molar-refractivity contribution in [2.24, 2.45) is 0 Å². The van der Waals surface area contributed by atoms with Crippen molar-refractivity contribution in [2.75, 3.05) is 31.8 Å². The Kier molecular flexibility index (Phi) is 4.70. The van der Waals surface area contributed by atoms with Crippen LogP contribution in [0.3, 0.4) is 0 Å². The maximum Gasteiger partial charge on any atom is 0.370 e. The van der Waals surface area contributed by atoms with Crippen LogP contribution in [0.5, 0.6) is 0 Å². The van der Waals surface area contributed by atoms with Crippen LogP contribution >= 0.6 is 0 Å². The largest absolute Gasteiger partial charge is 1.00 e. The van der Waals surface area contributed by atoms with Crippen LogP contribution in [0, 0.1) is 0 Å². The van der Waals surface area contributed by atoms with E-state index in [2.05, 4.69) is 92.5 Å². The highest BCUT2D eigenvalue weighted by atomic mass is 35.5. The molecule has 0 radical (unpaired) electrons. The second-order valence-corrected chi connectivity index (χ2v) is 12.4. The molecule has 2 aromatic carbocycles. The number of benzene rings is 2. The van der Waals surface area contributed by atoms with Gasteiger partial charge < -0.3 is 22.0 Å². The fraction of sp³-hybridized carbons (Fsp3) is 0.381. The molecule has 3 nitrogen and oxygen atoms in total. The summed E-state index contributed by atoms with van der Waals surface area (Å²) in [7, 11) is 2.33. The zero-order valence-electron chi connectivity index (χ0n) is 16.2. The first-order valence-electron chi connectivity index (χ1n) is 8.98. The van der Waals surface area contributed by atoms with Crippen LogP contribution in [0.2, 0.25) is 6.55 Å². The molecule has 0 aliphatic carbocycles. The highest BCUT2D eigenvalue weighted by Crippen LogP contribution is 2.27. The molecule has 0 fully saturated rings. The van der Waals surface area contributed by atoms with Crippen molar-refractivity contribution < 1.29 is 21.7 Å². The Hall–Kier alpha value is -1.78. The summed E-state index contributed by atoms with van der Waals surface area (Å²) in [4.78, 5) is 2.16. The van der Waals surface area contributed by atoms with Crippen molar-refractivity contribution in [2.45, 2.75) is 25.9 Å². The van der Waals surface area contributed by atoms with Gasteiger partial charge in [0, 0.05) is 33.6 Å². The second-order valence-electron chi connectivity index (χ2n) is 8.31. The van der Waals surface area contributed by atoms with Gasteiger partial charge in [-0.1, -0.05) is 36.9 Å². The Balaban J connectivity index is 0.00000196. The number of hydrogen-bond acceptors (Lipinski definition) is 2. The number of halogens is 1. The number of anilines is 1. The van der Waals surface area contributed by atoms with E-state index in [9.17, 15) is 0 Å². The van der Waals surface area contributed by atoms with Crippen molar-refractivity contribution in [1.29, 1.82) is 0 Å². The summed E-state index contributed by atoms with van der Waals surface area (Å²) in [6.07, 6.45) is 1.08. The van der Waals surface area contributed by atoms with E-state index in [0.717, 1.165) is 18.7 Å². The van der Waals surface area contributed by atoms with Crippen LogP contribution in [0.4, 0.5) is 5.69 Å². The SMILES string of the molecule is CN(C)c1ccc([Si]2(C)C[N+]3=C(OCC3(C)C)c3ccccc32)cc1.[Cl-]. The molecule has 2 aromatic rings. The van der Waals surface area contributed by atoms with Crippen molar-refractivity contribution in [3.8, 4) is 0 Å². The van der Waals surface area contributed by atoms with E-state index in [0.29, 0.717) is 0 Å². The van der Waals surface area contributed by atoms with Crippen LogP contribution in [-0.2, 0) is 4.74 Å². The molecular formula is C21H27ClN2OSi. The van der Waals surface area contributed by atoms with E-state index in [1.54, 1.807) is 0 Å². The second kappa shape index (κ2) is 6.43. The van der Waals surface area contributed by atoms with E-state index in [-0.39, 0.29) is 17.9 Å². The highest BCUT2D eigenvalue weighted by molar-refractivity contribution is 7.02. The molecule has 2 heterocycles. The van der Waals surface area contributed by atoms with Crippen LogP contribution in [0.25, 0.3) is 0 Å². The molecule has 0 bridgehead atoms. The van der Waals surface area contributed by atoms with Gasteiger partial charge in [-0.05, 0) is 28.6 Å². The van der Waals surface area contributed by atoms with E-state index in [1.807, 2.05) is 0 Å². The number of fused-ring (bicyclic) bond motifs is 2. The van der Waals surface area contributed by atoms with Gasteiger partial charge >= 0.3 is 5.90 Å². The number of nitrogens with zero attached hydrogens (tertiary/aromatic N) is 2. The number of hydrogen-bond donors (Lipinski definition) is 0. The van der Waals surface area contributed by atoms with E-state index in [4.69, 9.17) is 4.74 Å². The summed E-state index contributed by atoms with van der Waals surface area (Å²) >= 11 is 0. The Morgan fingerprint density at radius 3 is 2.35 bits per heavy atom. The van der Waals surface area contributed by atoms with Crippen molar-refractivity contribution in [3.05, 3.63) is 54.1 Å². The standard InChI is InChI=1S/C21H27N2OSi.ClH/c1-21(2)14-24-20-18-8-6-7-9-19(18)25(5,15-23(20)21)17-12-10-16(11-13-17)22(3)4;/h6-13H,14-15H2,1-5H3;1H/q+1;/p-1. The van der Waals surface area contributed by atoms with Crippen molar-refractivity contribution in [1.82, 2.24) is 0 Å². The molecule has 5 heteroatoms. The Morgan fingerprint density at radius 2 is 1.69 bits per heavy atom. The van der Waals surface area contributed by atoms with E-state index in [1.165, 1.54) is 21.6 Å². The minimum Gasteiger partial charge on any atom is -1.00 e. The lowest BCUT2D eigenvalue weighted by Crippen LogP contribution is -3.00. The fourth-order valence-corrected chi connectivity index (χ4v) is 8.13.